The van der Waals surface area contributed by atoms with Crippen molar-refractivity contribution >= 4 is 12.0 Å². The number of rotatable bonds is 2. The van der Waals surface area contributed by atoms with Crippen molar-refractivity contribution in [3.63, 3.8) is 0 Å². The van der Waals surface area contributed by atoms with Gasteiger partial charge in [0.05, 0.1) is 7.11 Å². The van der Waals surface area contributed by atoms with E-state index in [0.717, 1.165) is 0 Å². The van der Waals surface area contributed by atoms with E-state index in [1.807, 2.05) is 13.8 Å². The molecule has 0 spiro atoms. The van der Waals surface area contributed by atoms with Crippen molar-refractivity contribution in [3.8, 4) is 0 Å². The Bertz CT molecular complexity index is 268. The van der Waals surface area contributed by atoms with Crippen LogP contribution in [0.2, 0.25) is 0 Å². The summed E-state index contributed by atoms with van der Waals surface area (Å²) in [5.74, 6) is -0.331. The van der Waals surface area contributed by atoms with E-state index in [-0.39, 0.29) is 18.0 Å². The van der Waals surface area contributed by atoms with Crippen molar-refractivity contribution in [2.24, 2.45) is 0 Å². The lowest BCUT2D eigenvalue weighted by molar-refractivity contribution is -0.144. The van der Waals surface area contributed by atoms with Gasteiger partial charge in [0.15, 0.2) is 0 Å². The van der Waals surface area contributed by atoms with E-state index in [1.165, 1.54) is 7.11 Å². The van der Waals surface area contributed by atoms with Gasteiger partial charge in [-0.15, -0.1) is 0 Å². The number of urea groups is 1. The van der Waals surface area contributed by atoms with Gasteiger partial charge in [-0.25, -0.2) is 4.79 Å². The van der Waals surface area contributed by atoms with Gasteiger partial charge in [-0.3, -0.25) is 4.79 Å². The number of nitrogens with zero attached hydrogens (tertiary/aromatic N) is 1. The highest BCUT2D eigenvalue weighted by molar-refractivity contribution is 5.79. The third-order valence-electron chi connectivity index (χ3n) is 2.36. The minimum absolute atomic E-state index is 0.0963. The summed E-state index contributed by atoms with van der Waals surface area (Å²) >= 11 is 0. The van der Waals surface area contributed by atoms with E-state index in [4.69, 9.17) is 0 Å². The predicted molar refractivity (Wildman–Crippen MR) is 59.0 cm³/mol. The van der Waals surface area contributed by atoms with Gasteiger partial charge in [-0.2, -0.15) is 0 Å². The second-order valence-electron chi connectivity index (χ2n) is 4.08. The molecule has 1 aliphatic rings. The van der Waals surface area contributed by atoms with Crippen molar-refractivity contribution in [3.05, 3.63) is 0 Å². The van der Waals surface area contributed by atoms with Crippen molar-refractivity contribution in [2.75, 3.05) is 26.7 Å². The number of hydrogen-bond acceptors (Lipinski definition) is 4. The number of amides is 2. The molecule has 16 heavy (non-hydrogen) atoms. The molecule has 6 nitrogen and oxygen atoms in total. The quantitative estimate of drug-likeness (QED) is 0.629. The number of carbonyl (C=O) groups excluding carboxylic acids is 2. The Kier molecular flexibility index (Phi) is 4.54. The smallest absolute Gasteiger partial charge is 0.324 e. The number of hydrogen-bond donors (Lipinski definition) is 2. The van der Waals surface area contributed by atoms with Crippen molar-refractivity contribution in [1.82, 2.24) is 15.5 Å². The number of piperazine rings is 1. The molecule has 0 aliphatic carbocycles. The fourth-order valence-corrected chi connectivity index (χ4v) is 1.57. The standard InChI is InChI=1S/C10H19N3O3/c1-7(2)12-10(15)13-5-4-11-8(6-13)9(14)16-3/h7-8,11H,4-6H2,1-3H3,(H,12,15)/t8-/m1/s1. The Balaban J connectivity index is 2.50. The Morgan fingerprint density at radius 1 is 1.50 bits per heavy atom. The van der Waals surface area contributed by atoms with Gasteiger partial charge in [0.1, 0.15) is 6.04 Å². The number of carbonyl (C=O) groups is 2. The monoisotopic (exact) mass is 229 g/mol. The lowest BCUT2D eigenvalue weighted by atomic mass is 10.2. The second-order valence-corrected chi connectivity index (χ2v) is 4.08. The highest BCUT2D eigenvalue weighted by atomic mass is 16.5. The van der Waals surface area contributed by atoms with E-state index in [9.17, 15) is 9.59 Å². The van der Waals surface area contributed by atoms with Crippen LogP contribution in [-0.2, 0) is 9.53 Å². The van der Waals surface area contributed by atoms with Gasteiger partial charge in [0.25, 0.3) is 0 Å². The first-order valence-corrected chi connectivity index (χ1v) is 5.41. The summed E-state index contributed by atoms with van der Waals surface area (Å²) in [6.45, 7) is 5.36. The summed E-state index contributed by atoms with van der Waals surface area (Å²) in [6.07, 6.45) is 0. The minimum Gasteiger partial charge on any atom is -0.468 e. The van der Waals surface area contributed by atoms with Crippen LogP contribution in [0.4, 0.5) is 4.79 Å². The SMILES string of the molecule is COC(=O)[C@H]1CN(C(=O)NC(C)C)CCN1. The lowest BCUT2D eigenvalue weighted by Gasteiger charge is -2.32. The summed E-state index contributed by atoms with van der Waals surface area (Å²) in [5.41, 5.74) is 0. The summed E-state index contributed by atoms with van der Waals surface area (Å²) in [4.78, 5) is 24.6. The first kappa shape index (κ1) is 12.8. The summed E-state index contributed by atoms with van der Waals surface area (Å²) < 4.78 is 4.64. The van der Waals surface area contributed by atoms with Crippen LogP contribution in [0.25, 0.3) is 0 Å². The number of esters is 1. The molecular formula is C10H19N3O3. The molecule has 0 aromatic heterocycles. The first-order chi connectivity index (χ1) is 7.54. The highest BCUT2D eigenvalue weighted by Gasteiger charge is 2.28. The topological polar surface area (TPSA) is 70.7 Å². The molecule has 6 heteroatoms. The second kappa shape index (κ2) is 5.69. The average Bonchev–Trinajstić information content (AvgIpc) is 2.27. The maximum Gasteiger partial charge on any atom is 0.324 e. The van der Waals surface area contributed by atoms with Crippen LogP contribution in [0.15, 0.2) is 0 Å². The predicted octanol–water partition coefficient (Wildman–Crippen LogP) is -0.449. The number of nitrogens with one attached hydrogen (secondary N) is 2. The summed E-state index contributed by atoms with van der Waals surface area (Å²) in [5, 5.41) is 5.81. The molecule has 2 N–H and O–H groups in total. The fraction of sp³-hybridized carbons (Fsp3) is 0.800. The Hall–Kier alpha value is -1.30. The van der Waals surface area contributed by atoms with Crippen LogP contribution >= 0.6 is 0 Å². The van der Waals surface area contributed by atoms with E-state index < -0.39 is 6.04 Å². The van der Waals surface area contributed by atoms with Crippen LogP contribution in [0.1, 0.15) is 13.8 Å². The molecule has 1 rings (SSSR count). The van der Waals surface area contributed by atoms with Gasteiger partial charge in [-0.1, -0.05) is 0 Å². The molecule has 0 unspecified atom stereocenters. The summed E-state index contributed by atoms with van der Waals surface area (Å²) in [7, 11) is 1.34. The third-order valence-corrected chi connectivity index (χ3v) is 2.36. The van der Waals surface area contributed by atoms with E-state index in [1.54, 1.807) is 4.90 Å². The Morgan fingerprint density at radius 2 is 2.19 bits per heavy atom. The molecule has 0 bridgehead atoms. The minimum atomic E-state index is -0.420. The molecule has 1 atom stereocenters. The zero-order valence-electron chi connectivity index (χ0n) is 9.95. The van der Waals surface area contributed by atoms with Crippen molar-refractivity contribution in [1.29, 1.82) is 0 Å². The van der Waals surface area contributed by atoms with Gasteiger partial charge in [-0.05, 0) is 13.8 Å². The van der Waals surface area contributed by atoms with Crippen LogP contribution in [0, 0.1) is 0 Å². The Morgan fingerprint density at radius 3 is 2.75 bits per heavy atom. The van der Waals surface area contributed by atoms with Crippen LogP contribution < -0.4 is 10.6 Å². The van der Waals surface area contributed by atoms with Gasteiger partial charge >= 0.3 is 12.0 Å². The molecular weight excluding hydrogens is 210 g/mol. The lowest BCUT2D eigenvalue weighted by Crippen LogP contribution is -2.58. The van der Waals surface area contributed by atoms with Crippen LogP contribution in [-0.4, -0.2) is 55.7 Å². The maximum absolute atomic E-state index is 11.7. The largest absolute Gasteiger partial charge is 0.468 e. The van der Waals surface area contributed by atoms with Crippen molar-refractivity contribution < 1.29 is 14.3 Å². The molecule has 2 amide bonds. The molecule has 1 aliphatic heterocycles. The van der Waals surface area contributed by atoms with Gasteiger partial charge < -0.3 is 20.3 Å². The van der Waals surface area contributed by atoms with E-state index >= 15 is 0 Å². The molecule has 0 saturated carbocycles. The summed E-state index contributed by atoms with van der Waals surface area (Å²) in [6, 6.07) is -0.457. The zero-order valence-corrected chi connectivity index (χ0v) is 9.95. The zero-order chi connectivity index (χ0) is 12.1. The molecule has 0 aromatic rings. The van der Waals surface area contributed by atoms with Crippen molar-refractivity contribution in [2.45, 2.75) is 25.9 Å². The van der Waals surface area contributed by atoms with Gasteiger partial charge in [0.2, 0.25) is 0 Å². The molecule has 0 aromatic carbocycles. The van der Waals surface area contributed by atoms with E-state index in [2.05, 4.69) is 15.4 Å². The number of ether oxygens (including phenoxy) is 1. The van der Waals surface area contributed by atoms with Crippen LogP contribution in [0.5, 0.6) is 0 Å². The average molecular weight is 229 g/mol. The Labute approximate surface area is 95.3 Å². The maximum atomic E-state index is 11.7. The molecule has 1 fully saturated rings. The first-order valence-electron chi connectivity index (χ1n) is 5.41. The highest BCUT2D eigenvalue weighted by Crippen LogP contribution is 2.01. The number of methoxy groups -OCH3 is 1. The third kappa shape index (κ3) is 3.37. The van der Waals surface area contributed by atoms with Gasteiger partial charge in [0, 0.05) is 25.7 Å². The van der Waals surface area contributed by atoms with E-state index in [0.29, 0.717) is 19.6 Å². The fourth-order valence-electron chi connectivity index (χ4n) is 1.57. The normalized spacial score (nSPS) is 20.8. The molecule has 1 heterocycles. The van der Waals surface area contributed by atoms with Crippen LogP contribution in [0.3, 0.4) is 0 Å². The molecule has 0 radical (unpaired) electrons. The molecule has 1 saturated heterocycles. The molecule has 92 valence electrons.